The highest BCUT2D eigenvalue weighted by atomic mass is 32.1. The summed E-state index contributed by atoms with van der Waals surface area (Å²) in [6.45, 7) is 4.09. The van der Waals surface area contributed by atoms with Crippen LogP contribution in [-0.4, -0.2) is 17.5 Å². The number of hydrazone groups is 2. The molecular formula is C17H18N4S. The first-order chi connectivity index (χ1) is 10.6. The quantitative estimate of drug-likeness (QED) is 0.518. The monoisotopic (exact) mass is 310 g/mol. The van der Waals surface area contributed by atoms with Crippen LogP contribution in [0.3, 0.4) is 0 Å². The van der Waals surface area contributed by atoms with Gasteiger partial charge in [-0.1, -0.05) is 59.7 Å². The molecule has 5 heteroatoms. The Hall–Kier alpha value is -2.53. The van der Waals surface area contributed by atoms with Crippen molar-refractivity contribution in [1.82, 2.24) is 10.9 Å². The number of aryl methyl sites for hydroxylation is 2. The summed E-state index contributed by atoms with van der Waals surface area (Å²) < 4.78 is 0. The third-order valence-corrected chi connectivity index (χ3v) is 3.10. The number of nitrogens with zero attached hydrogens (tertiary/aromatic N) is 2. The topological polar surface area (TPSA) is 48.8 Å². The van der Waals surface area contributed by atoms with Crippen molar-refractivity contribution in [3.05, 3.63) is 70.8 Å². The molecule has 0 atom stereocenters. The predicted octanol–water partition coefficient (Wildman–Crippen LogP) is 3.14. The van der Waals surface area contributed by atoms with Gasteiger partial charge in [-0.15, -0.1) is 0 Å². The van der Waals surface area contributed by atoms with Gasteiger partial charge in [-0.05, 0) is 37.2 Å². The fourth-order valence-electron chi connectivity index (χ4n) is 1.66. The minimum absolute atomic E-state index is 0.340. The van der Waals surface area contributed by atoms with Crippen LogP contribution in [0, 0.1) is 13.8 Å². The number of hydrogen-bond acceptors (Lipinski definition) is 3. The summed E-state index contributed by atoms with van der Waals surface area (Å²) in [7, 11) is 0. The molecule has 0 saturated carbocycles. The number of thiocarbonyl (C=S) groups is 1. The van der Waals surface area contributed by atoms with Gasteiger partial charge >= 0.3 is 0 Å². The molecule has 2 rings (SSSR count). The number of benzene rings is 2. The second-order valence-electron chi connectivity index (χ2n) is 4.89. The number of rotatable bonds is 4. The summed E-state index contributed by atoms with van der Waals surface area (Å²) in [6.07, 6.45) is 3.41. The van der Waals surface area contributed by atoms with E-state index in [1.807, 2.05) is 62.4 Å². The second-order valence-corrected chi connectivity index (χ2v) is 5.30. The van der Waals surface area contributed by atoms with E-state index in [1.165, 1.54) is 11.1 Å². The van der Waals surface area contributed by atoms with E-state index in [1.54, 1.807) is 12.4 Å². The molecule has 0 fully saturated rings. The number of nitrogens with one attached hydrogen (secondary N) is 2. The maximum atomic E-state index is 5.08. The summed E-state index contributed by atoms with van der Waals surface area (Å²) in [6, 6.07) is 16.1. The molecule has 0 aliphatic carbocycles. The largest absolute Gasteiger partial charge is 0.252 e. The zero-order chi connectivity index (χ0) is 15.8. The van der Waals surface area contributed by atoms with Crippen LogP contribution in [0.2, 0.25) is 0 Å². The van der Waals surface area contributed by atoms with E-state index < -0.39 is 0 Å². The SMILES string of the molecule is Cc1ccc(/C=N/NC(=S)N/N=C/c2ccc(C)cc2)cc1. The van der Waals surface area contributed by atoms with E-state index in [-0.39, 0.29) is 0 Å². The Balaban J connectivity index is 1.78. The molecule has 0 saturated heterocycles. The van der Waals surface area contributed by atoms with Gasteiger partial charge in [0.1, 0.15) is 0 Å². The van der Waals surface area contributed by atoms with E-state index in [4.69, 9.17) is 12.2 Å². The molecule has 0 heterocycles. The van der Waals surface area contributed by atoms with Crippen molar-refractivity contribution in [2.24, 2.45) is 10.2 Å². The van der Waals surface area contributed by atoms with Crippen molar-refractivity contribution in [3.63, 3.8) is 0 Å². The molecule has 4 nitrogen and oxygen atoms in total. The van der Waals surface area contributed by atoms with Crippen LogP contribution >= 0.6 is 12.2 Å². The average molecular weight is 310 g/mol. The van der Waals surface area contributed by atoms with Crippen molar-refractivity contribution >= 4 is 29.8 Å². The van der Waals surface area contributed by atoms with Crippen molar-refractivity contribution in [3.8, 4) is 0 Å². The highest BCUT2D eigenvalue weighted by Crippen LogP contribution is 2.00. The fourth-order valence-corrected chi connectivity index (χ4v) is 1.77. The van der Waals surface area contributed by atoms with Gasteiger partial charge in [-0.2, -0.15) is 10.2 Å². The molecule has 0 amide bonds. The summed E-state index contributed by atoms with van der Waals surface area (Å²) >= 11 is 5.08. The van der Waals surface area contributed by atoms with Crippen LogP contribution in [-0.2, 0) is 0 Å². The molecule has 2 aromatic rings. The first-order valence-electron chi connectivity index (χ1n) is 6.89. The molecule has 2 N–H and O–H groups in total. The van der Waals surface area contributed by atoms with Crippen LogP contribution < -0.4 is 10.9 Å². The molecule has 0 spiro atoms. The standard InChI is InChI=1S/C17H18N4S/c1-13-3-7-15(8-4-13)11-18-20-17(22)21-19-12-16-9-5-14(2)6-10-16/h3-12H,1-2H3,(H2,20,21,22)/b18-11+,19-12+. The van der Waals surface area contributed by atoms with Crippen LogP contribution in [0.1, 0.15) is 22.3 Å². The minimum atomic E-state index is 0.340. The first-order valence-corrected chi connectivity index (χ1v) is 7.30. The normalized spacial score (nSPS) is 11.0. The van der Waals surface area contributed by atoms with Gasteiger partial charge in [0.25, 0.3) is 0 Å². The Bertz CT molecular complexity index is 613. The summed E-state index contributed by atoms with van der Waals surface area (Å²) in [4.78, 5) is 0. The van der Waals surface area contributed by atoms with E-state index in [0.717, 1.165) is 11.1 Å². The van der Waals surface area contributed by atoms with Gasteiger partial charge in [-0.25, -0.2) is 0 Å². The van der Waals surface area contributed by atoms with Crippen molar-refractivity contribution in [2.75, 3.05) is 0 Å². The van der Waals surface area contributed by atoms with E-state index >= 15 is 0 Å². The Kier molecular flexibility index (Phi) is 5.80. The molecule has 0 aliphatic heterocycles. The number of hydrogen-bond donors (Lipinski definition) is 2. The third-order valence-electron chi connectivity index (χ3n) is 2.91. The second kappa shape index (κ2) is 8.05. The summed E-state index contributed by atoms with van der Waals surface area (Å²) in [5.41, 5.74) is 9.87. The molecule has 22 heavy (non-hydrogen) atoms. The molecule has 0 aromatic heterocycles. The summed E-state index contributed by atoms with van der Waals surface area (Å²) in [5, 5.41) is 8.45. The first kappa shape index (κ1) is 15.9. The van der Waals surface area contributed by atoms with Crippen LogP contribution in [0.5, 0.6) is 0 Å². The van der Waals surface area contributed by atoms with Gasteiger partial charge in [0.05, 0.1) is 12.4 Å². The molecule has 0 bridgehead atoms. The maximum Gasteiger partial charge on any atom is 0.207 e. The van der Waals surface area contributed by atoms with E-state index in [9.17, 15) is 0 Å². The van der Waals surface area contributed by atoms with Crippen LogP contribution in [0.4, 0.5) is 0 Å². The van der Waals surface area contributed by atoms with Crippen LogP contribution in [0.25, 0.3) is 0 Å². The molecule has 0 radical (unpaired) electrons. The lowest BCUT2D eigenvalue weighted by molar-refractivity contribution is 0.935. The fraction of sp³-hybridized carbons (Fsp3) is 0.118. The Labute approximate surface area is 136 Å². The minimum Gasteiger partial charge on any atom is -0.252 e. The molecule has 0 aliphatic rings. The smallest absolute Gasteiger partial charge is 0.207 e. The predicted molar refractivity (Wildman–Crippen MR) is 96.4 cm³/mol. The van der Waals surface area contributed by atoms with Crippen molar-refractivity contribution in [2.45, 2.75) is 13.8 Å². The zero-order valence-corrected chi connectivity index (χ0v) is 13.4. The van der Waals surface area contributed by atoms with E-state index in [0.29, 0.717) is 5.11 Å². The zero-order valence-electron chi connectivity index (χ0n) is 12.6. The van der Waals surface area contributed by atoms with Gasteiger partial charge in [0, 0.05) is 0 Å². The summed E-state index contributed by atoms with van der Waals surface area (Å²) in [5.74, 6) is 0. The Morgan fingerprint density at radius 3 is 1.50 bits per heavy atom. The van der Waals surface area contributed by atoms with Crippen molar-refractivity contribution in [1.29, 1.82) is 0 Å². The Morgan fingerprint density at radius 2 is 1.14 bits per heavy atom. The molecular weight excluding hydrogens is 292 g/mol. The van der Waals surface area contributed by atoms with E-state index in [2.05, 4.69) is 21.1 Å². The van der Waals surface area contributed by atoms with Gasteiger partial charge in [0.2, 0.25) is 5.11 Å². The molecule has 0 unspecified atom stereocenters. The lowest BCUT2D eigenvalue weighted by Crippen LogP contribution is -2.28. The average Bonchev–Trinajstić information content (AvgIpc) is 2.51. The molecule has 112 valence electrons. The Morgan fingerprint density at radius 1 is 0.773 bits per heavy atom. The van der Waals surface area contributed by atoms with Crippen LogP contribution in [0.15, 0.2) is 58.7 Å². The van der Waals surface area contributed by atoms with Crippen molar-refractivity contribution < 1.29 is 0 Å². The van der Waals surface area contributed by atoms with Gasteiger partial charge in [-0.3, -0.25) is 10.9 Å². The maximum absolute atomic E-state index is 5.08. The lowest BCUT2D eigenvalue weighted by atomic mass is 10.2. The molecule has 2 aromatic carbocycles. The highest BCUT2D eigenvalue weighted by Gasteiger charge is 1.91. The third kappa shape index (κ3) is 5.46. The van der Waals surface area contributed by atoms with Gasteiger partial charge < -0.3 is 0 Å². The highest BCUT2D eigenvalue weighted by molar-refractivity contribution is 7.80. The van der Waals surface area contributed by atoms with Gasteiger partial charge in [0.15, 0.2) is 0 Å². The lowest BCUT2D eigenvalue weighted by Gasteiger charge is -2.01.